The summed E-state index contributed by atoms with van der Waals surface area (Å²) in [6.45, 7) is 2.80. The van der Waals surface area contributed by atoms with Crippen LogP contribution in [0.25, 0.3) is 0 Å². The van der Waals surface area contributed by atoms with Crippen molar-refractivity contribution in [2.24, 2.45) is 17.8 Å². The maximum absolute atomic E-state index is 13.7. The molecule has 2 aromatic rings. The second kappa shape index (κ2) is 18.1. The zero-order chi connectivity index (χ0) is 32.6. The summed E-state index contributed by atoms with van der Waals surface area (Å²) in [6.07, 6.45) is 0.142. The molecule has 17 heteroatoms. The van der Waals surface area contributed by atoms with Gasteiger partial charge in [0.05, 0.1) is 38.8 Å². The number of hydroxylamine groups is 1. The zero-order valence-corrected chi connectivity index (χ0v) is 28.8. The second-order valence-corrected chi connectivity index (χ2v) is 12.2. The average Bonchev–Trinajstić information content (AvgIpc) is 3.22. The van der Waals surface area contributed by atoms with Crippen LogP contribution >= 0.6 is 0 Å². The van der Waals surface area contributed by atoms with Crippen LogP contribution in [0.2, 0.25) is 0 Å². The Morgan fingerprint density at radius 3 is 1.98 bits per heavy atom. The Balaban J connectivity index is 0.00000529. The molecule has 1 aliphatic heterocycles. The smallest absolute Gasteiger partial charge is 0.748 e. The molecular formula is C29H37N4NaO11S. The largest absolute Gasteiger partial charge is 1.00 e. The van der Waals surface area contributed by atoms with Crippen molar-refractivity contribution in [2.45, 2.75) is 32.7 Å². The molecule has 0 aliphatic carbocycles. The fraction of sp³-hybridized carbons (Fsp3) is 0.414. The molecule has 0 spiro atoms. The van der Waals surface area contributed by atoms with Gasteiger partial charge in [-0.05, 0) is 42.2 Å². The van der Waals surface area contributed by atoms with Crippen LogP contribution in [0.15, 0.2) is 48.5 Å². The predicted octanol–water partition coefficient (Wildman–Crippen LogP) is -3.36. The van der Waals surface area contributed by atoms with Gasteiger partial charge >= 0.3 is 29.6 Å². The van der Waals surface area contributed by atoms with Crippen molar-refractivity contribution < 1.29 is 81.9 Å². The summed E-state index contributed by atoms with van der Waals surface area (Å²) in [7, 11) is -3.04. The number of hydrogen-bond donors (Lipinski definition) is 4. The van der Waals surface area contributed by atoms with Gasteiger partial charge in [-0.1, -0.05) is 38.1 Å². The van der Waals surface area contributed by atoms with Crippen molar-refractivity contribution in [2.75, 3.05) is 26.0 Å². The maximum atomic E-state index is 13.7. The van der Waals surface area contributed by atoms with Gasteiger partial charge in [-0.3, -0.25) is 34.1 Å². The predicted molar refractivity (Wildman–Crippen MR) is 158 cm³/mol. The van der Waals surface area contributed by atoms with Gasteiger partial charge in [0.25, 0.3) is 11.8 Å². The summed E-state index contributed by atoms with van der Waals surface area (Å²) >= 11 is 0. The Kier molecular flexibility index (Phi) is 16.0. The standard InChI is InChI=1S/C29H36N4O10S.Na.H2O/c1-17(2)14-22(23(26(35)32-39)16-33-28(37)20-6-4-5-7-21(20)29(33)38)25(34)31-24(27(36)30-3)15-18-8-10-19(11-9-18)43-12-13-44(40,41)42;;/h4-11,17,22-24,39H,12-16H2,1-3H3,(H,30,36)(H,31,34)(H,32,35)(H,40,41,42);;1H2/q;+1;/p-1/t22-,23+,24+;;/m1../s1. The first-order chi connectivity index (χ1) is 20.7. The van der Waals surface area contributed by atoms with Crippen molar-refractivity contribution in [3.05, 3.63) is 65.2 Å². The van der Waals surface area contributed by atoms with Crippen LogP contribution in [0.1, 0.15) is 46.5 Å². The molecule has 0 saturated heterocycles. The third-order valence-electron chi connectivity index (χ3n) is 7.10. The number of imide groups is 1. The molecule has 15 nitrogen and oxygen atoms in total. The Morgan fingerprint density at radius 1 is 0.935 bits per heavy atom. The number of nitrogens with zero attached hydrogens (tertiary/aromatic N) is 1. The molecule has 6 N–H and O–H groups in total. The Bertz CT molecular complexity index is 1470. The second-order valence-electron chi connectivity index (χ2n) is 10.7. The number of nitrogens with one attached hydrogen (secondary N) is 3. The molecule has 0 radical (unpaired) electrons. The minimum atomic E-state index is -4.43. The molecule has 3 atom stereocenters. The van der Waals surface area contributed by atoms with E-state index in [0.29, 0.717) is 11.3 Å². The molecule has 5 amide bonds. The normalized spacial score (nSPS) is 14.3. The number of carbonyl (C=O) groups is 5. The van der Waals surface area contributed by atoms with Crippen LogP contribution in [-0.2, 0) is 30.9 Å². The van der Waals surface area contributed by atoms with E-state index >= 15 is 0 Å². The van der Waals surface area contributed by atoms with E-state index in [9.17, 15) is 42.2 Å². The molecule has 246 valence electrons. The van der Waals surface area contributed by atoms with E-state index in [1.807, 2.05) is 13.8 Å². The van der Waals surface area contributed by atoms with Crippen LogP contribution in [0.3, 0.4) is 0 Å². The van der Waals surface area contributed by atoms with Gasteiger partial charge in [-0.25, -0.2) is 13.9 Å². The number of rotatable bonds is 15. The van der Waals surface area contributed by atoms with Gasteiger partial charge < -0.3 is 25.4 Å². The molecule has 3 rings (SSSR count). The van der Waals surface area contributed by atoms with Gasteiger partial charge in [0, 0.05) is 20.0 Å². The molecule has 2 aromatic carbocycles. The van der Waals surface area contributed by atoms with Crippen LogP contribution in [0.4, 0.5) is 0 Å². The molecule has 1 aliphatic rings. The van der Waals surface area contributed by atoms with E-state index in [1.165, 1.54) is 31.3 Å². The number of carbonyl (C=O) groups excluding carboxylic acids is 5. The van der Waals surface area contributed by atoms with Gasteiger partial charge in [-0.15, -0.1) is 0 Å². The van der Waals surface area contributed by atoms with Crippen LogP contribution in [0.5, 0.6) is 5.75 Å². The minimum absolute atomic E-state index is 0. The average molecular weight is 673 g/mol. The summed E-state index contributed by atoms with van der Waals surface area (Å²) in [5.74, 6) is -6.49. The van der Waals surface area contributed by atoms with Crippen molar-refractivity contribution >= 4 is 39.7 Å². The van der Waals surface area contributed by atoms with Crippen molar-refractivity contribution in [1.29, 1.82) is 0 Å². The third kappa shape index (κ3) is 10.9. The van der Waals surface area contributed by atoms with Gasteiger partial charge in [0.2, 0.25) is 17.7 Å². The molecule has 0 fully saturated rings. The minimum Gasteiger partial charge on any atom is -0.748 e. The molecule has 0 bridgehead atoms. The van der Waals surface area contributed by atoms with Gasteiger partial charge in [-0.2, -0.15) is 0 Å². The van der Waals surface area contributed by atoms with E-state index < -0.39 is 69.8 Å². The molecular weight excluding hydrogens is 635 g/mol. The van der Waals surface area contributed by atoms with Crippen molar-refractivity contribution in [3.63, 3.8) is 0 Å². The number of fused-ring (bicyclic) bond motifs is 1. The van der Waals surface area contributed by atoms with Crippen molar-refractivity contribution in [1.82, 2.24) is 21.0 Å². The Labute approximate surface area is 288 Å². The number of likely N-dealkylation sites (N-methyl/N-ethyl adjacent to an activating group) is 1. The molecule has 1 heterocycles. The number of hydrogen-bond acceptors (Lipinski definition) is 10. The summed E-state index contributed by atoms with van der Waals surface area (Å²) in [6, 6.07) is 11.3. The van der Waals surface area contributed by atoms with Crippen LogP contribution < -0.4 is 50.4 Å². The molecule has 0 unspecified atom stereocenters. The number of benzene rings is 2. The third-order valence-corrected chi connectivity index (χ3v) is 7.76. The Morgan fingerprint density at radius 2 is 1.50 bits per heavy atom. The summed E-state index contributed by atoms with van der Waals surface area (Å²) in [5.41, 5.74) is 2.47. The number of ether oxygens (including phenoxy) is 1. The maximum Gasteiger partial charge on any atom is 1.00 e. The molecule has 0 aromatic heterocycles. The van der Waals surface area contributed by atoms with E-state index in [0.717, 1.165) is 4.90 Å². The van der Waals surface area contributed by atoms with Crippen LogP contribution in [0, 0.1) is 17.8 Å². The van der Waals surface area contributed by atoms with Gasteiger partial charge in [0.15, 0.2) is 0 Å². The quantitative estimate of drug-likeness (QED) is 0.0481. The topological polar surface area (TPSA) is 243 Å². The molecule has 46 heavy (non-hydrogen) atoms. The first-order valence-electron chi connectivity index (χ1n) is 13.8. The summed E-state index contributed by atoms with van der Waals surface area (Å²) in [5, 5.41) is 14.7. The van der Waals surface area contributed by atoms with E-state index in [-0.39, 0.29) is 71.5 Å². The fourth-order valence-electron chi connectivity index (χ4n) is 4.92. The van der Waals surface area contributed by atoms with Crippen molar-refractivity contribution in [3.8, 4) is 5.75 Å². The number of amides is 5. The van der Waals surface area contributed by atoms with E-state index in [1.54, 1.807) is 29.7 Å². The monoisotopic (exact) mass is 672 g/mol. The van der Waals surface area contributed by atoms with Gasteiger partial charge in [0.1, 0.15) is 18.4 Å². The van der Waals surface area contributed by atoms with Crippen LogP contribution in [-0.4, -0.2) is 90.1 Å². The molecule has 0 saturated carbocycles. The Hall–Kier alpha value is -3.38. The summed E-state index contributed by atoms with van der Waals surface area (Å²) in [4.78, 5) is 66.3. The fourth-order valence-corrected chi connectivity index (χ4v) is 5.21. The van der Waals surface area contributed by atoms with E-state index in [2.05, 4.69) is 10.6 Å². The first-order valence-corrected chi connectivity index (χ1v) is 15.4. The zero-order valence-electron chi connectivity index (χ0n) is 25.9. The summed E-state index contributed by atoms with van der Waals surface area (Å²) < 4.78 is 37.6. The van der Waals surface area contributed by atoms with E-state index in [4.69, 9.17) is 4.74 Å². The SMILES string of the molecule is CNC(=O)[C@H](Cc1ccc(OCCS(=O)(=O)[O-])cc1)NC(=O)[C@H](CC(C)C)[C@H](CN1C(=O)c2ccccc2C1=O)C(=O)NO.O.[Na+]. The first kappa shape index (κ1) is 40.6.